The van der Waals surface area contributed by atoms with Gasteiger partial charge in [0.25, 0.3) is 0 Å². The zero-order valence-electron chi connectivity index (χ0n) is 11.6. The molecule has 0 atom stereocenters. The molecule has 0 amide bonds. The average Bonchev–Trinajstić information content (AvgIpc) is 2.44. The molecule has 20 heavy (non-hydrogen) atoms. The summed E-state index contributed by atoms with van der Waals surface area (Å²) in [6, 6.07) is 2.21. The molecular weight excluding hydrogens is 283 g/mol. The van der Waals surface area contributed by atoms with Gasteiger partial charge in [0.1, 0.15) is 5.82 Å². The van der Waals surface area contributed by atoms with Crippen LogP contribution in [0.5, 0.6) is 0 Å². The van der Waals surface area contributed by atoms with Gasteiger partial charge in [0.2, 0.25) is 10.0 Å². The molecule has 0 unspecified atom stereocenters. The summed E-state index contributed by atoms with van der Waals surface area (Å²) in [7, 11) is -2.23. The van der Waals surface area contributed by atoms with Crippen LogP contribution in [-0.4, -0.2) is 39.0 Å². The van der Waals surface area contributed by atoms with Crippen LogP contribution >= 0.6 is 0 Å². The van der Waals surface area contributed by atoms with Crippen LogP contribution < -0.4 is 5.73 Å². The first-order chi connectivity index (χ1) is 9.34. The predicted molar refractivity (Wildman–Crippen MR) is 74.3 cm³/mol. The first kappa shape index (κ1) is 15.2. The highest BCUT2D eigenvalue weighted by atomic mass is 32.2. The molecule has 1 aliphatic rings. The number of halogens is 1. The van der Waals surface area contributed by atoms with Gasteiger partial charge in [-0.1, -0.05) is 0 Å². The van der Waals surface area contributed by atoms with E-state index in [4.69, 9.17) is 10.5 Å². The Morgan fingerprint density at radius 2 is 1.95 bits per heavy atom. The minimum absolute atomic E-state index is 0.105. The molecule has 0 aliphatic carbocycles. The fourth-order valence-electron chi connectivity index (χ4n) is 2.23. The second kappa shape index (κ2) is 5.67. The number of anilines is 1. The fourth-order valence-corrected chi connectivity index (χ4v) is 3.70. The third-order valence-electron chi connectivity index (χ3n) is 3.74. The highest BCUT2D eigenvalue weighted by molar-refractivity contribution is 7.89. The van der Waals surface area contributed by atoms with Gasteiger partial charge in [-0.15, -0.1) is 0 Å². The van der Waals surface area contributed by atoms with Crippen molar-refractivity contribution in [3.05, 3.63) is 23.5 Å². The molecule has 2 N–H and O–H groups in total. The number of sulfonamides is 1. The van der Waals surface area contributed by atoms with Crippen LogP contribution in [0.1, 0.15) is 18.4 Å². The molecule has 1 saturated heterocycles. The molecule has 0 radical (unpaired) electrons. The van der Waals surface area contributed by atoms with Gasteiger partial charge in [0.05, 0.1) is 4.90 Å². The van der Waals surface area contributed by atoms with E-state index < -0.39 is 15.8 Å². The van der Waals surface area contributed by atoms with Crippen molar-refractivity contribution >= 4 is 15.7 Å². The minimum Gasteiger partial charge on any atom is -0.398 e. The Morgan fingerprint density at radius 1 is 1.35 bits per heavy atom. The summed E-state index contributed by atoms with van der Waals surface area (Å²) in [4.78, 5) is -0.105. The molecule has 0 bridgehead atoms. The molecule has 1 fully saturated rings. The van der Waals surface area contributed by atoms with Crippen molar-refractivity contribution in [1.82, 2.24) is 4.31 Å². The van der Waals surface area contributed by atoms with E-state index in [1.165, 1.54) is 24.3 Å². The van der Waals surface area contributed by atoms with Crippen molar-refractivity contribution in [3.8, 4) is 0 Å². The number of nitrogen functional groups attached to an aromatic ring is 1. The molecule has 1 aliphatic heterocycles. The van der Waals surface area contributed by atoms with Crippen molar-refractivity contribution in [2.45, 2.75) is 30.7 Å². The van der Waals surface area contributed by atoms with Gasteiger partial charge in [-0.2, -0.15) is 4.31 Å². The smallest absolute Gasteiger partial charge is 0.243 e. The molecule has 1 heterocycles. The third kappa shape index (κ3) is 2.79. The van der Waals surface area contributed by atoms with E-state index in [-0.39, 0.29) is 22.2 Å². The molecule has 1 aromatic rings. The van der Waals surface area contributed by atoms with Crippen LogP contribution in [0.25, 0.3) is 0 Å². The van der Waals surface area contributed by atoms with Crippen molar-refractivity contribution in [3.63, 3.8) is 0 Å². The Balaban J connectivity index is 2.34. The Hall–Kier alpha value is -1.18. The number of nitrogens with two attached hydrogens (primary N) is 1. The first-order valence-electron chi connectivity index (χ1n) is 6.45. The van der Waals surface area contributed by atoms with E-state index >= 15 is 0 Å². The lowest BCUT2D eigenvalue weighted by Gasteiger charge is -2.30. The third-order valence-corrected chi connectivity index (χ3v) is 5.63. The maximum atomic E-state index is 13.7. The lowest BCUT2D eigenvalue weighted by Crippen LogP contribution is -2.40. The summed E-state index contributed by atoms with van der Waals surface area (Å²) in [5.41, 5.74) is 6.06. The van der Waals surface area contributed by atoms with E-state index in [9.17, 15) is 12.8 Å². The van der Waals surface area contributed by atoms with Gasteiger partial charge in [0.15, 0.2) is 0 Å². The number of nitrogens with zero attached hydrogens (tertiary/aromatic N) is 1. The lowest BCUT2D eigenvalue weighted by atomic mass is 10.1. The van der Waals surface area contributed by atoms with Gasteiger partial charge in [-0.3, -0.25) is 0 Å². The fraction of sp³-hybridized carbons (Fsp3) is 0.538. The van der Waals surface area contributed by atoms with E-state index in [0.29, 0.717) is 26.1 Å². The maximum Gasteiger partial charge on any atom is 0.243 e. The Kier molecular flexibility index (Phi) is 4.31. The standard InChI is InChI=1S/C13H19FN2O3S/c1-9-12(14)7-11(8-13(9)15)20(17,18)16(2)10-3-5-19-6-4-10/h7-8,10H,3-6,15H2,1-2H3. The van der Waals surface area contributed by atoms with Crippen LogP contribution in [0.15, 0.2) is 17.0 Å². The molecule has 2 rings (SSSR count). The molecule has 0 saturated carbocycles. The van der Waals surface area contributed by atoms with Gasteiger partial charge in [0, 0.05) is 37.6 Å². The molecule has 7 heteroatoms. The van der Waals surface area contributed by atoms with E-state index in [2.05, 4.69) is 0 Å². The molecule has 1 aromatic carbocycles. The summed E-state index contributed by atoms with van der Waals surface area (Å²) < 4.78 is 45.2. The summed E-state index contributed by atoms with van der Waals surface area (Å²) >= 11 is 0. The highest BCUT2D eigenvalue weighted by Gasteiger charge is 2.30. The number of benzene rings is 1. The highest BCUT2D eigenvalue weighted by Crippen LogP contribution is 2.26. The van der Waals surface area contributed by atoms with Crippen LogP contribution in [0.4, 0.5) is 10.1 Å². The number of hydrogen-bond acceptors (Lipinski definition) is 4. The quantitative estimate of drug-likeness (QED) is 0.859. The number of ether oxygens (including phenoxy) is 1. The van der Waals surface area contributed by atoms with Crippen molar-refractivity contribution in [2.24, 2.45) is 0 Å². The average molecular weight is 302 g/mol. The Bertz CT molecular complexity index is 575. The summed E-state index contributed by atoms with van der Waals surface area (Å²) in [5.74, 6) is -0.607. The zero-order valence-corrected chi connectivity index (χ0v) is 12.4. The molecular formula is C13H19FN2O3S. The topological polar surface area (TPSA) is 72.6 Å². The van der Waals surface area contributed by atoms with Crippen LogP contribution in [0, 0.1) is 12.7 Å². The van der Waals surface area contributed by atoms with Gasteiger partial charge in [-0.25, -0.2) is 12.8 Å². The van der Waals surface area contributed by atoms with Gasteiger partial charge < -0.3 is 10.5 Å². The summed E-state index contributed by atoms with van der Waals surface area (Å²) in [5, 5.41) is 0. The van der Waals surface area contributed by atoms with Crippen LogP contribution in [0.2, 0.25) is 0 Å². The van der Waals surface area contributed by atoms with Crippen molar-refractivity contribution < 1.29 is 17.5 Å². The number of hydrogen-bond donors (Lipinski definition) is 1. The van der Waals surface area contributed by atoms with Crippen LogP contribution in [0.3, 0.4) is 0 Å². The molecule has 0 aromatic heterocycles. The van der Waals surface area contributed by atoms with E-state index in [1.807, 2.05) is 0 Å². The second-order valence-corrected chi connectivity index (χ2v) is 6.98. The molecule has 5 nitrogen and oxygen atoms in total. The van der Waals surface area contributed by atoms with Gasteiger partial charge >= 0.3 is 0 Å². The Labute approximate surface area is 118 Å². The Morgan fingerprint density at radius 3 is 2.50 bits per heavy atom. The van der Waals surface area contributed by atoms with Crippen LogP contribution in [-0.2, 0) is 14.8 Å². The molecule has 0 spiro atoms. The normalized spacial score (nSPS) is 17.6. The van der Waals surface area contributed by atoms with Crippen molar-refractivity contribution in [1.29, 1.82) is 0 Å². The SMILES string of the molecule is Cc1c(N)cc(S(=O)(=O)N(C)C2CCOCC2)cc1F. The number of rotatable bonds is 3. The largest absolute Gasteiger partial charge is 0.398 e. The minimum atomic E-state index is -3.74. The monoisotopic (exact) mass is 302 g/mol. The first-order valence-corrected chi connectivity index (χ1v) is 7.89. The van der Waals surface area contributed by atoms with E-state index in [1.54, 1.807) is 0 Å². The lowest BCUT2D eigenvalue weighted by molar-refractivity contribution is 0.0632. The maximum absolute atomic E-state index is 13.7. The van der Waals surface area contributed by atoms with Crippen molar-refractivity contribution in [2.75, 3.05) is 26.0 Å². The molecule has 112 valence electrons. The van der Waals surface area contributed by atoms with E-state index in [0.717, 1.165) is 6.07 Å². The second-order valence-electron chi connectivity index (χ2n) is 4.98. The predicted octanol–water partition coefficient (Wildman–Crippen LogP) is 1.52. The summed E-state index contributed by atoms with van der Waals surface area (Å²) in [6.07, 6.45) is 1.28. The van der Waals surface area contributed by atoms with Gasteiger partial charge in [-0.05, 0) is 31.9 Å². The summed E-state index contributed by atoms with van der Waals surface area (Å²) in [6.45, 7) is 2.59. The zero-order chi connectivity index (χ0) is 14.9.